The first kappa shape index (κ1) is 18.3. The molecule has 0 aliphatic heterocycles. The Morgan fingerprint density at radius 2 is 1.93 bits per heavy atom. The molecule has 3 aromatic rings. The zero-order chi connectivity index (χ0) is 19.4. The number of benzene rings is 2. The zero-order valence-electron chi connectivity index (χ0n) is 14.9. The number of ether oxygens (including phenoxy) is 1. The summed E-state index contributed by atoms with van der Waals surface area (Å²) in [6.45, 7) is 3.61. The van der Waals surface area contributed by atoms with Crippen LogP contribution >= 0.6 is 0 Å². The number of anilines is 1. The summed E-state index contributed by atoms with van der Waals surface area (Å²) in [4.78, 5) is 24.2. The summed E-state index contributed by atoms with van der Waals surface area (Å²) in [6, 6.07) is 12.4. The van der Waals surface area contributed by atoms with Crippen molar-refractivity contribution in [2.24, 2.45) is 0 Å². The Bertz CT molecular complexity index is 980. The molecule has 3 rings (SSSR count). The average Bonchev–Trinajstić information content (AvgIpc) is 3.07. The molecule has 6 nitrogen and oxygen atoms in total. The minimum Gasteiger partial charge on any atom is -0.490 e. The minimum atomic E-state index is -0.472. The molecule has 27 heavy (non-hydrogen) atoms. The number of hydrogen-bond donors (Lipinski definition) is 1. The van der Waals surface area contributed by atoms with Crippen molar-refractivity contribution in [1.82, 2.24) is 9.78 Å². The van der Waals surface area contributed by atoms with Crippen LogP contribution in [0.4, 0.5) is 10.1 Å². The van der Waals surface area contributed by atoms with E-state index < -0.39 is 5.91 Å². The fourth-order valence-electron chi connectivity index (χ4n) is 2.51. The highest BCUT2D eigenvalue weighted by Crippen LogP contribution is 2.22. The second kappa shape index (κ2) is 7.82. The summed E-state index contributed by atoms with van der Waals surface area (Å²) >= 11 is 0. The predicted molar refractivity (Wildman–Crippen MR) is 99.1 cm³/mol. The highest BCUT2D eigenvalue weighted by atomic mass is 19.1. The number of Topliss-reactive ketones (excluding diaryl/α,β-unsaturated/α-hetero) is 1. The lowest BCUT2D eigenvalue weighted by molar-refractivity contribution is 0.100. The van der Waals surface area contributed by atoms with Gasteiger partial charge in [0, 0.05) is 11.3 Å². The van der Waals surface area contributed by atoms with Crippen molar-refractivity contribution in [2.45, 2.75) is 13.8 Å². The Morgan fingerprint density at radius 1 is 1.19 bits per heavy atom. The lowest BCUT2D eigenvalue weighted by Gasteiger charge is -2.06. The van der Waals surface area contributed by atoms with Crippen LogP contribution in [0.2, 0.25) is 0 Å². The quantitative estimate of drug-likeness (QED) is 0.672. The molecule has 1 N–H and O–H groups in total. The highest BCUT2D eigenvalue weighted by molar-refractivity contribution is 6.05. The van der Waals surface area contributed by atoms with Crippen molar-refractivity contribution < 1.29 is 18.7 Å². The van der Waals surface area contributed by atoms with Crippen LogP contribution in [-0.4, -0.2) is 28.1 Å². The van der Waals surface area contributed by atoms with Gasteiger partial charge in [0.2, 0.25) is 0 Å². The molecule has 0 saturated heterocycles. The number of halogens is 1. The van der Waals surface area contributed by atoms with Crippen molar-refractivity contribution in [3.05, 3.63) is 71.8 Å². The fraction of sp³-hybridized carbons (Fsp3) is 0.150. The molecule has 1 heterocycles. The van der Waals surface area contributed by atoms with Gasteiger partial charge in [-0.15, -0.1) is 0 Å². The third-order valence-corrected chi connectivity index (χ3v) is 3.81. The average molecular weight is 367 g/mol. The summed E-state index contributed by atoms with van der Waals surface area (Å²) in [6.07, 6.45) is 1.57. The summed E-state index contributed by atoms with van der Waals surface area (Å²) in [7, 11) is 0. The van der Waals surface area contributed by atoms with E-state index in [1.54, 1.807) is 49.5 Å². The van der Waals surface area contributed by atoms with Crippen LogP contribution in [0.25, 0.3) is 5.69 Å². The molecule has 0 fully saturated rings. The maximum absolute atomic E-state index is 13.1. The summed E-state index contributed by atoms with van der Waals surface area (Å²) in [5.41, 5.74) is 1.66. The molecule has 138 valence electrons. The molecule has 0 aliphatic carbocycles. The Labute approximate surface area is 155 Å². The van der Waals surface area contributed by atoms with E-state index in [0.29, 0.717) is 29.3 Å². The molecule has 2 aromatic carbocycles. The highest BCUT2D eigenvalue weighted by Gasteiger charge is 2.19. The molecule has 1 aromatic heterocycles. The van der Waals surface area contributed by atoms with Gasteiger partial charge in [-0.25, -0.2) is 9.07 Å². The molecule has 0 atom stereocenters. The number of ketones is 1. The van der Waals surface area contributed by atoms with Crippen molar-refractivity contribution in [3.8, 4) is 11.4 Å². The van der Waals surface area contributed by atoms with Gasteiger partial charge in [-0.3, -0.25) is 9.59 Å². The van der Waals surface area contributed by atoms with Crippen LogP contribution in [0, 0.1) is 5.82 Å². The molecule has 0 spiro atoms. The molecule has 7 heteroatoms. The topological polar surface area (TPSA) is 73.2 Å². The minimum absolute atomic E-state index is 0.0920. The van der Waals surface area contributed by atoms with Crippen LogP contribution in [0.5, 0.6) is 5.75 Å². The van der Waals surface area contributed by atoms with E-state index in [-0.39, 0.29) is 17.3 Å². The van der Waals surface area contributed by atoms with Crippen LogP contribution < -0.4 is 10.1 Å². The van der Waals surface area contributed by atoms with Crippen molar-refractivity contribution >= 4 is 17.4 Å². The maximum atomic E-state index is 13.1. The second-order valence-electron chi connectivity index (χ2n) is 5.79. The van der Waals surface area contributed by atoms with Crippen LogP contribution in [-0.2, 0) is 0 Å². The summed E-state index contributed by atoms with van der Waals surface area (Å²) in [5.74, 6) is -0.622. The van der Waals surface area contributed by atoms with E-state index in [9.17, 15) is 14.0 Å². The van der Waals surface area contributed by atoms with Crippen LogP contribution in [0.15, 0.2) is 54.7 Å². The Kier molecular flexibility index (Phi) is 5.30. The van der Waals surface area contributed by atoms with Crippen molar-refractivity contribution in [2.75, 3.05) is 11.9 Å². The number of nitrogens with zero attached hydrogens (tertiary/aromatic N) is 2. The van der Waals surface area contributed by atoms with Gasteiger partial charge in [-0.1, -0.05) is 12.1 Å². The number of carbonyl (C=O) groups is 2. The van der Waals surface area contributed by atoms with E-state index in [4.69, 9.17) is 4.74 Å². The molecule has 1 amide bonds. The lowest BCUT2D eigenvalue weighted by Crippen LogP contribution is -2.14. The Hall–Kier alpha value is -3.48. The first-order valence-corrected chi connectivity index (χ1v) is 8.38. The first-order chi connectivity index (χ1) is 13.0. The standard InChI is InChI=1S/C20H18FN3O3/c1-3-27-18-12-24(17-9-7-15(21)8-10-17)23-19(18)20(26)22-16-6-4-5-14(11-16)13(2)25/h4-12H,3H2,1-2H3,(H,22,26). The SMILES string of the molecule is CCOc1cn(-c2ccc(F)cc2)nc1C(=O)Nc1cccc(C(C)=O)c1. The van der Waals surface area contributed by atoms with Crippen LogP contribution in [0.3, 0.4) is 0 Å². The number of rotatable bonds is 6. The first-order valence-electron chi connectivity index (χ1n) is 8.38. The summed E-state index contributed by atoms with van der Waals surface area (Å²) in [5, 5.41) is 6.99. The molecule has 0 radical (unpaired) electrons. The van der Waals surface area contributed by atoms with Gasteiger partial charge in [-0.2, -0.15) is 5.10 Å². The zero-order valence-corrected chi connectivity index (χ0v) is 14.9. The number of amides is 1. The molecule has 0 saturated carbocycles. The van der Waals surface area contributed by atoms with E-state index in [1.807, 2.05) is 0 Å². The monoisotopic (exact) mass is 367 g/mol. The van der Waals surface area contributed by atoms with E-state index in [2.05, 4.69) is 10.4 Å². The van der Waals surface area contributed by atoms with E-state index in [1.165, 1.54) is 23.7 Å². The molecular formula is C20H18FN3O3. The smallest absolute Gasteiger partial charge is 0.280 e. The van der Waals surface area contributed by atoms with E-state index >= 15 is 0 Å². The number of carbonyl (C=O) groups excluding carboxylic acids is 2. The molecule has 0 bridgehead atoms. The Balaban J connectivity index is 1.90. The number of aromatic nitrogens is 2. The fourth-order valence-corrected chi connectivity index (χ4v) is 2.51. The maximum Gasteiger partial charge on any atom is 0.280 e. The number of hydrogen-bond acceptors (Lipinski definition) is 4. The van der Waals surface area contributed by atoms with Gasteiger partial charge in [0.1, 0.15) is 5.82 Å². The summed E-state index contributed by atoms with van der Waals surface area (Å²) < 4.78 is 20.1. The Morgan fingerprint density at radius 3 is 2.59 bits per heavy atom. The van der Waals surface area contributed by atoms with Gasteiger partial charge in [0.15, 0.2) is 17.2 Å². The van der Waals surface area contributed by atoms with Crippen LogP contribution in [0.1, 0.15) is 34.7 Å². The number of nitrogens with one attached hydrogen (secondary N) is 1. The largest absolute Gasteiger partial charge is 0.490 e. The van der Waals surface area contributed by atoms with Gasteiger partial charge in [-0.05, 0) is 50.2 Å². The van der Waals surface area contributed by atoms with Gasteiger partial charge in [0.05, 0.1) is 18.5 Å². The van der Waals surface area contributed by atoms with Gasteiger partial charge >= 0.3 is 0 Å². The van der Waals surface area contributed by atoms with Crippen molar-refractivity contribution in [1.29, 1.82) is 0 Å². The molecular weight excluding hydrogens is 349 g/mol. The normalized spacial score (nSPS) is 10.5. The molecule has 0 unspecified atom stereocenters. The second-order valence-corrected chi connectivity index (χ2v) is 5.79. The van der Waals surface area contributed by atoms with Crippen molar-refractivity contribution in [3.63, 3.8) is 0 Å². The van der Waals surface area contributed by atoms with Gasteiger partial charge in [0.25, 0.3) is 5.91 Å². The van der Waals surface area contributed by atoms with E-state index in [0.717, 1.165) is 0 Å². The molecule has 0 aliphatic rings. The lowest BCUT2D eigenvalue weighted by atomic mass is 10.1. The van der Waals surface area contributed by atoms with Gasteiger partial charge < -0.3 is 10.1 Å². The third-order valence-electron chi connectivity index (χ3n) is 3.81. The predicted octanol–water partition coefficient (Wildman–Crippen LogP) is 3.87. The third kappa shape index (κ3) is 4.20.